The van der Waals surface area contributed by atoms with Crippen LogP contribution in [0.3, 0.4) is 0 Å². The maximum absolute atomic E-state index is 12.6. The van der Waals surface area contributed by atoms with Crippen LogP contribution in [0.4, 0.5) is 13.2 Å². The Morgan fingerprint density at radius 3 is 1.88 bits per heavy atom. The monoisotopic (exact) mass is 475 g/mol. The standard InChI is InChI=1S/C19H19ClF3NO2.C2H2O4/c1-24(2)12-11-17(13-5-9-16(20)10-6-13)26-18(25)14-3-7-15(8-4-14)19(21,22)23;3-1(4)2(5)6/h3-10,17H,11-12H2,1-2H3;(H,3,4)(H,5,6). The van der Waals surface area contributed by atoms with E-state index < -0.39 is 35.8 Å². The first-order valence-electron chi connectivity index (χ1n) is 9.06. The van der Waals surface area contributed by atoms with Crippen molar-refractivity contribution in [3.63, 3.8) is 0 Å². The molecule has 174 valence electrons. The largest absolute Gasteiger partial charge is 0.473 e. The molecule has 7 nitrogen and oxygen atoms in total. The van der Waals surface area contributed by atoms with E-state index in [9.17, 15) is 18.0 Å². The number of nitrogens with zero attached hydrogens (tertiary/aromatic N) is 1. The summed E-state index contributed by atoms with van der Waals surface area (Å²) >= 11 is 5.89. The van der Waals surface area contributed by atoms with Crippen molar-refractivity contribution in [1.29, 1.82) is 0 Å². The molecule has 2 rings (SSSR count). The Kier molecular flexibility index (Phi) is 10.1. The molecule has 0 amide bonds. The minimum atomic E-state index is -4.44. The normalized spacial score (nSPS) is 11.8. The SMILES string of the molecule is CN(C)CCC(OC(=O)c1ccc(C(F)(F)F)cc1)c1ccc(Cl)cc1.O=C(O)C(=O)O. The molecule has 1 unspecified atom stereocenters. The minimum Gasteiger partial charge on any atom is -0.473 e. The van der Waals surface area contributed by atoms with Crippen molar-refractivity contribution < 1.29 is 42.5 Å². The van der Waals surface area contributed by atoms with Crippen molar-refractivity contribution in [2.45, 2.75) is 18.7 Å². The summed E-state index contributed by atoms with van der Waals surface area (Å²) in [6.45, 7) is 0.674. The minimum absolute atomic E-state index is 0.0711. The molecule has 0 saturated carbocycles. The van der Waals surface area contributed by atoms with Gasteiger partial charge < -0.3 is 19.8 Å². The zero-order chi connectivity index (χ0) is 24.5. The van der Waals surface area contributed by atoms with E-state index in [1.165, 1.54) is 0 Å². The average molecular weight is 476 g/mol. The van der Waals surface area contributed by atoms with Crippen molar-refractivity contribution in [3.8, 4) is 0 Å². The molecule has 0 aliphatic carbocycles. The second kappa shape index (κ2) is 12.1. The van der Waals surface area contributed by atoms with Crippen LogP contribution in [-0.2, 0) is 20.5 Å². The van der Waals surface area contributed by atoms with Crippen LogP contribution in [-0.4, -0.2) is 53.7 Å². The number of benzene rings is 2. The Labute approximate surface area is 187 Å². The lowest BCUT2D eigenvalue weighted by molar-refractivity contribution is -0.159. The zero-order valence-corrected chi connectivity index (χ0v) is 17.9. The molecule has 0 aromatic heterocycles. The first kappa shape index (κ1) is 26.9. The summed E-state index contributed by atoms with van der Waals surface area (Å²) in [4.78, 5) is 32.5. The van der Waals surface area contributed by atoms with Crippen LogP contribution in [0.25, 0.3) is 0 Å². The van der Waals surface area contributed by atoms with Crippen LogP contribution in [0, 0.1) is 0 Å². The molecule has 0 bridgehead atoms. The number of carboxylic acids is 2. The molecule has 2 N–H and O–H groups in total. The van der Waals surface area contributed by atoms with Crippen LogP contribution in [0.1, 0.15) is 34.0 Å². The number of aliphatic carboxylic acids is 2. The first-order valence-corrected chi connectivity index (χ1v) is 9.43. The van der Waals surface area contributed by atoms with Crippen molar-refractivity contribution in [2.75, 3.05) is 20.6 Å². The topological polar surface area (TPSA) is 104 Å². The number of hydrogen-bond acceptors (Lipinski definition) is 5. The summed E-state index contributed by atoms with van der Waals surface area (Å²) in [6, 6.07) is 10.9. The fourth-order valence-corrected chi connectivity index (χ4v) is 2.47. The summed E-state index contributed by atoms with van der Waals surface area (Å²) < 4.78 is 43.4. The van der Waals surface area contributed by atoms with Crippen LogP contribution >= 0.6 is 11.6 Å². The van der Waals surface area contributed by atoms with E-state index in [1.54, 1.807) is 24.3 Å². The van der Waals surface area contributed by atoms with Crippen LogP contribution in [0.15, 0.2) is 48.5 Å². The Bertz CT molecular complexity index is 903. The molecular weight excluding hydrogens is 455 g/mol. The molecule has 0 spiro atoms. The van der Waals surface area contributed by atoms with Gasteiger partial charge in [0.15, 0.2) is 0 Å². The van der Waals surface area contributed by atoms with Crippen LogP contribution in [0.2, 0.25) is 5.02 Å². The molecule has 0 heterocycles. The number of ether oxygens (including phenoxy) is 1. The van der Waals surface area contributed by atoms with Gasteiger partial charge in [0.1, 0.15) is 6.10 Å². The summed E-state index contributed by atoms with van der Waals surface area (Å²) in [6.07, 6.45) is -4.43. The number of carbonyl (C=O) groups excluding carboxylic acids is 1. The third kappa shape index (κ3) is 9.36. The maximum atomic E-state index is 12.6. The van der Waals surface area contributed by atoms with E-state index in [-0.39, 0.29) is 5.56 Å². The van der Waals surface area contributed by atoms with Gasteiger partial charge in [0.25, 0.3) is 0 Å². The summed E-state index contributed by atoms with van der Waals surface area (Å²) in [5.41, 5.74) is 0.0363. The second-order valence-corrected chi connectivity index (χ2v) is 7.16. The van der Waals surface area contributed by atoms with E-state index in [4.69, 9.17) is 36.1 Å². The Hall–Kier alpha value is -3.11. The number of rotatable bonds is 6. The highest BCUT2D eigenvalue weighted by Crippen LogP contribution is 2.30. The summed E-state index contributed by atoms with van der Waals surface area (Å²) in [7, 11) is 3.80. The van der Waals surface area contributed by atoms with Gasteiger partial charge >= 0.3 is 24.1 Å². The smallest absolute Gasteiger partial charge is 0.416 e. The molecule has 0 saturated heterocycles. The van der Waals surface area contributed by atoms with Crippen molar-refractivity contribution >= 4 is 29.5 Å². The van der Waals surface area contributed by atoms with E-state index in [2.05, 4.69) is 0 Å². The summed E-state index contributed by atoms with van der Waals surface area (Å²) in [5.74, 6) is -4.32. The lowest BCUT2D eigenvalue weighted by Gasteiger charge is -2.20. The third-order valence-corrected chi connectivity index (χ3v) is 4.21. The lowest BCUT2D eigenvalue weighted by Crippen LogP contribution is -2.19. The van der Waals surface area contributed by atoms with E-state index in [0.29, 0.717) is 18.0 Å². The van der Waals surface area contributed by atoms with Gasteiger partial charge in [0.05, 0.1) is 11.1 Å². The lowest BCUT2D eigenvalue weighted by atomic mass is 10.1. The van der Waals surface area contributed by atoms with Crippen molar-refractivity contribution in [3.05, 3.63) is 70.2 Å². The van der Waals surface area contributed by atoms with Gasteiger partial charge in [0.2, 0.25) is 0 Å². The molecule has 2 aromatic carbocycles. The number of carboxylic acid groups (broad SMARTS) is 2. The second-order valence-electron chi connectivity index (χ2n) is 6.72. The molecule has 0 radical (unpaired) electrons. The molecule has 2 aromatic rings. The molecule has 0 aliphatic rings. The fourth-order valence-electron chi connectivity index (χ4n) is 2.34. The number of alkyl halides is 3. The Balaban J connectivity index is 0.000000751. The molecular formula is C21H21ClF3NO6. The number of hydrogen-bond donors (Lipinski definition) is 2. The first-order chi connectivity index (χ1) is 14.8. The third-order valence-electron chi connectivity index (χ3n) is 3.96. The van der Waals surface area contributed by atoms with Gasteiger partial charge in [0, 0.05) is 18.0 Å². The highest BCUT2D eigenvalue weighted by Gasteiger charge is 2.30. The average Bonchev–Trinajstić information content (AvgIpc) is 2.71. The maximum Gasteiger partial charge on any atom is 0.416 e. The van der Waals surface area contributed by atoms with Gasteiger partial charge in [-0.15, -0.1) is 0 Å². The predicted molar refractivity (Wildman–Crippen MR) is 109 cm³/mol. The molecule has 0 fully saturated rings. The van der Waals surface area contributed by atoms with E-state index in [1.807, 2.05) is 19.0 Å². The highest BCUT2D eigenvalue weighted by molar-refractivity contribution is 6.30. The molecule has 1 atom stereocenters. The number of halogens is 4. The van der Waals surface area contributed by atoms with E-state index in [0.717, 1.165) is 29.8 Å². The summed E-state index contributed by atoms with van der Waals surface area (Å²) in [5, 5.41) is 15.3. The fraction of sp³-hybridized carbons (Fsp3) is 0.286. The van der Waals surface area contributed by atoms with Gasteiger partial charge in [-0.05, 0) is 56.1 Å². The van der Waals surface area contributed by atoms with Gasteiger partial charge in [-0.3, -0.25) is 0 Å². The Morgan fingerprint density at radius 1 is 0.969 bits per heavy atom. The predicted octanol–water partition coefficient (Wildman–Crippen LogP) is 4.36. The van der Waals surface area contributed by atoms with Crippen molar-refractivity contribution in [1.82, 2.24) is 4.90 Å². The molecule has 11 heteroatoms. The highest BCUT2D eigenvalue weighted by atomic mass is 35.5. The van der Waals surface area contributed by atoms with Gasteiger partial charge in [-0.25, -0.2) is 14.4 Å². The Morgan fingerprint density at radius 2 is 1.47 bits per heavy atom. The molecule has 0 aliphatic heterocycles. The number of esters is 1. The van der Waals surface area contributed by atoms with Crippen molar-refractivity contribution in [2.24, 2.45) is 0 Å². The quantitative estimate of drug-likeness (QED) is 0.472. The van der Waals surface area contributed by atoms with Crippen LogP contribution in [0.5, 0.6) is 0 Å². The molecule has 32 heavy (non-hydrogen) atoms. The van der Waals surface area contributed by atoms with E-state index >= 15 is 0 Å². The zero-order valence-electron chi connectivity index (χ0n) is 17.1. The van der Waals surface area contributed by atoms with Gasteiger partial charge in [-0.1, -0.05) is 23.7 Å². The van der Waals surface area contributed by atoms with Gasteiger partial charge in [-0.2, -0.15) is 13.2 Å². The number of carbonyl (C=O) groups is 3. The van der Waals surface area contributed by atoms with Crippen LogP contribution < -0.4 is 0 Å².